The minimum atomic E-state index is -0.538. The number of carbonyl (C=O) groups is 1. The number of hydrogen-bond acceptors (Lipinski definition) is 6. The third-order valence-corrected chi connectivity index (χ3v) is 4.70. The molecular formula is C19H17FN6O4. The lowest BCUT2D eigenvalue weighted by atomic mass is 10.1. The minimum Gasteiger partial charge on any atom is -0.356 e. The second kappa shape index (κ2) is 7.43. The van der Waals surface area contributed by atoms with Crippen molar-refractivity contribution in [2.45, 2.75) is 13.1 Å². The molecule has 4 aromatic rings. The zero-order valence-electron chi connectivity index (χ0n) is 16.1. The van der Waals surface area contributed by atoms with E-state index >= 15 is 0 Å². The van der Waals surface area contributed by atoms with Crippen molar-refractivity contribution < 1.29 is 13.7 Å². The maximum absolute atomic E-state index is 13.8. The van der Waals surface area contributed by atoms with E-state index in [1.165, 1.54) is 41.7 Å². The maximum atomic E-state index is 13.8. The molecule has 11 heteroatoms. The van der Waals surface area contributed by atoms with Crippen molar-refractivity contribution in [3.05, 3.63) is 69.0 Å². The lowest BCUT2D eigenvalue weighted by Crippen LogP contribution is -2.38. The van der Waals surface area contributed by atoms with Crippen LogP contribution in [0.25, 0.3) is 22.5 Å². The summed E-state index contributed by atoms with van der Waals surface area (Å²) in [5.41, 5.74) is -0.00685. The van der Waals surface area contributed by atoms with E-state index in [1.807, 2.05) is 0 Å². The molecule has 0 atom stereocenters. The highest BCUT2D eigenvalue weighted by atomic mass is 19.1. The summed E-state index contributed by atoms with van der Waals surface area (Å²) in [7, 11) is 2.86. The van der Waals surface area contributed by atoms with E-state index in [0.29, 0.717) is 5.69 Å². The number of nitrogens with zero attached hydrogens (tertiary/aromatic N) is 5. The molecule has 0 saturated carbocycles. The first-order valence-corrected chi connectivity index (χ1v) is 8.95. The lowest BCUT2D eigenvalue weighted by molar-refractivity contribution is -0.121. The molecule has 3 aromatic heterocycles. The molecule has 0 unspecified atom stereocenters. The molecule has 1 amide bonds. The molecule has 154 valence electrons. The second-order valence-corrected chi connectivity index (χ2v) is 6.69. The highest BCUT2D eigenvalue weighted by molar-refractivity contribution is 5.78. The first-order valence-electron chi connectivity index (χ1n) is 8.95. The number of aryl methyl sites for hydroxylation is 1. The molecule has 0 aliphatic heterocycles. The van der Waals surface area contributed by atoms with Crippen LogP contribution in [0.15, 0.2) is 50.8 Å². The Morgan fingerprint density at radius 3 is 2.73 bits per heavy atom. The summed E-state index contributed by atoms with van der Waals surface area (Å²) >= 11 is 0. The van der Waals surface area contributed by atoms with Gasteiger partial charge in [0.2, 0.25) is 5.91 Å². The molecule has 30 heavy (non-hydrogen) atoms. The molecule has 0 spiro atoms. The molecule has 0 aliphatic rings. The van der Waals surface area contributed by atoms with Gasteiger partial charge in [0, 0.05) is 20.2 Å². The predicted molar refractivity (Wildman–Crippen MR) is 104 cm³/mol. The number of aromatic nitrogens is 5. The summed E-state index contributed by atoms with van der Waals surface area (Å²) < 4.78 is 22.6. The number of rotatable bonds is 5. The molecule has 0 saturated heterocycles. The fourth-order valence-electron chi connectivity index (χ4n) is 3.10. The van der Waals surface area contributed by atoms with Crippen molar-refractivity contribution in [3.8, 4) is 11.3 Å². The summed E-state index contributed by atoms with van der Waals surface area (Å²) in [4.78, 5) is 40.8. The second-order valence-electron chi connectivity index (χ2n) is 6.69. The average Bonchev–Trinajstić information content (AvgIpc) is 3.37. The van der Waals surface area contributed by atoms with Gasteiger partial charge in [-0.3, -0.25) is 18.7 Å². The Balaban J connectivity index is 1.48. The third-order valence-electron chi connectivity index (χ3n) is 4.70. The minimum absolute atomic E-state index is 0.0555. The van der Waals surface area contributed by atoms with Gasteiger partial charge < -0.3 is 14.4 Å². The number of nitrogens with one attached hydrogen (secondary N) is 1. The van der Waals surface area contributed by atoms with Gasteiger partial charge in [0.05, 0.1) is 18.4 Å². The number of carbonyl (C=O) groups excluding carboxylic acids is 1. The van der Waals surface area contributed by atoms with Gasteiger partial charge >= 0.3 is 5.69 Å². The Labute approximate surface area is 168 Å². The van der Waals surface area contributed by atoms with Gasteiger partial charge in [-0.15, -0.1) is 0 Å². The van der Waals surface area contributed by atoms with Crippen LogP contribution in [0.3, 0.4) is 0 Å². The molecule has 0 radical (unpaired) electrons. The van der Waals surface area contributed by atoms with E-state index < -0.39 is 23.0 Å². The van der Waals surface area contributed by atoms with Gasteiger partial charge in [-0.1, -0.05) is 17.3 Å². The van der Waals surface area contributed by atoms with Gasteiger partial charge in [-0.05, 0) is 12.1 Å². The van der Waals surface area contributed by atoms with Gasteiger partial charge in [0.1, 0.15) is 18.1 Å². The molecule has 0 fully saturated rings. The number of hydrogen-bond donors (Lipinski definition) is 1. The van der Waals surface area contributed by atoms with E-state index in [2.05, 4.69) is 15.5 Å². The number of fused-ring (bicyclic) bond motifs is 1. The molecule has 0 bridgehead atoms. The maximum Gasteiger partial charge on any atom is 0.332 e. The summed E-state index contributed by atoms with van der Waals surface area (Å²) in [5, 5.41) is 6.49. The van der Waals surface area contributed by atoms with Gasteiger partial charge in [-0.25, -0.2) is 14.2 Å². The summed E-state index contributed by atoms with van der Waals surface area (Å²) in [6.45, 7) is -0.123. The predicted octanol–water partition coefficient (Wildman–Crippen LogP) is 0.544. The summed E-state index contributed by atoms with van der Waals surface area (Å²) in [6.07, 6.45) is 1.33. The Morgan fingerprint density at radius 2 is 1.97 bits per heavy atom. The first-order chi connectivity index (χ1) is 14.4. The van der Waals surface area contributed by atoms with Gasteiger partial charge in [-0.2, -0.15) is 0 Å². The van der Waals surface area contributed by atoms with Crippen molar-refractivity contribution in [1.82, 2.24) is 29.2 Å². The van der Waals surface area contributed by atoms with Gasteiger partial charge in [0.25, 0.3) is 5.56 Å². The molecule has 3 heterocycles. The smallest absolute Gasteiger partial charge is 0.332 e. The van der Waals surface area contributed by atoms with Crippen LogP contribution in [-0.2, 0) is 32.0 Å². The Bertz CT molecular complexity index is 1380. The van der Waals surface area contributed by atoms with Crippen LogP contribution < -0.4 is 16.6 Å². The highest BCUT2D eigenvalue weighted by Crippen LogP contribution is 2.23. The van der Waals surface area contributed by atoms with Crippen molar-refractivity contribution in [2.75, 3.05) is 0 Å². The summed E-state index contributed by atoms with van der Waals surface area (Å²) in [5.74, 6) is -0.588. The largest absolute Gasteiger partial charge is 0.356 e. The van der Waals surface area contributed by atoms with E-state index in [9.17, 15) is 18.8 Å². The van der Waals surface area contributed by atoms with Crippen LogP contribution >= 0.6 is 0 Å². The first kappa shape index (κ1) is 19.3. The van der Waals surface area contributed by atoms with Crippen LogP contribution in [0.5, 0.6) is 0 Å². The van der Waals surface area contributed by atoms with E-state index in [0.717, 1.165) is 4.57 Å². The normalized spacial score (nSPS) is 11.2. The molecule has 0 aliphatic carbocycles. The van der Waals surface area contributed by atoms with E-state index in [1.54, 1.807) is 18.2 Å². The van der Waals surface area contributed by atoms with Crippen molar-refractivity contribution >= 4 is 17.1 Å². The van der Waals surface area contributed by atoms with Crippen LogP contribution in [-0.4, -0.2) is 29.7 Å². The zero-order valence-corrected chi connectivity index (χ0v) is 16.1. The number of benzene rings is 1. The Morgan fingerprint density at radius 1 is 1.20 bits per heavy atom. The van der Waals surface area contributed by atoms with E-state index in [4.69, 9.17) is 4.52 Å². The molecular weight excluding hydrogens is 395 g/mol. The fraction of sp³-hybridized carbons (Fsp3) is 0.211. The van der Waals surface area contributed by atoms with Crippen molar-refractivity contribution in [1.29, 1.82) is 0 Å². The van der Waals surface area contributed by atoms with Crippen molar-refractivity contribution in [3.63, 3.8) is 0 Å². The van der Waals surface area contributed by atoms with Crippen LogP contribution in [0.2, 0.25) is 0 Å². The topological polar surface area (TPSA) is 117 Å². The third kappa shape index (κ3) is 3.30. The zero-order chi connectivity index (χ0) is 21.4. The van der Waals surface area contributed by atoms with Crippen LogP contribution in [0.4, 0.5) is 4.39 Å². The van der Waals surface area contributed by atoms with E-state index in [-0.39, 0.29) is 35.6 Å². The monoisotopic (exact) mass is 412 g/mol. The summed E-state index contributed by atoms with van der Waals surface area (Å²) in [6, 6.07) is 7.67. The van der Waals surface area contributed by atoms with Crippen LogP contribution in [0.1, 0.15) is 5.69 Å². The fourth-order valence-corrected chi connectivity index (χ4v) is 3.10. The SMILES string of the molecule is Cn1c(=O)c2c(ncn2CC(=O)NCc2cc(-c3ccccc3F)on2)n(C)c1=O. The number of halogens is 1. The highest BCUT2D eigenvalue weighted by Gasteiger charge is 2.16. The van der Waals surface area contributed by atoms with Crippen LogP contribution in [0, 0.1) is 5.82 Å². The standard InChI is InChI=1S/C19H17FN6O4/c1-24-17-16(18(28)25(2)19(24)29)26(10-22-17)9-15(27)21-8-11-7-14(30-23-11)12-5-3-4-6-13(12)20/h3-7,10H,8-9H2,1-2H3,(H,21,27). The average molecular weight is 412 g/mol. The molecule has 1 aromatic carbocycles. The molecule has 1 N–H and O–H groups in total. The Hall–Kier alpha value is -4.02. The lowest BCUT2D eigenvalue weighted by Gasteiger charge is -2.07. The molecule has 10 nitrogen and oxygen atoms in total. The number of imidazole rings is 1. The number of amides is 1. The van der Waals surface area contributed by atoms with Crippen molar-refractivity contribution in [2.24, 2.45) is 14.1 Å². The van der Waals surface area contributed by atoms with Gasteiger partial charge in [0.15, 0.2) is 16.9 Å². The molecule has 4 rings (SSSR count). The quantitative estimate of drug-likeness (QED) is 0.512. The Kier molecular flexibility index (Phi) is 4.78.